The van der Waals surface area contributed by atoms with Crippen LogP contribution in [0.5, 0.6) is 0 Å². The zero-order valence-corrected chi connectivity index (χ0v) is 16.9. The molecule has 0 bridgehead atoms. The Balaban J connectivity index is 1.58. The van der Waals surface area contributed by atoms with Gasteiger partial charge in [-0.2, -0.15) is 0 Å². The Morgan fingerprint density at radius 3 is 2.71 bits per heavy atom. The third kappa shape index (κ3) is 4.46. The largest absolute Gasteiger partial charge is 0.466 e. The molecule has 0 radical (unpaired) electrons. The predicted octanol–water partition coefficient (Wildman–Crippen LogP) is 2.39. The van der Waals surface area contributed by atoms with E-state index in [1.165, 1.54) is 5.56 Å². The highest BCUT2D eigenvalue weighted by Crippen LogP contribution is 2.24. The predicted molar refractivity (Wildman–Crippen MR) is 106 cm³/mol. The van der Waals surface area contributed by atoms with Crippen LogP contribution in [-0.4, -0.2) is 55.1 Å². The molecule has 1 N–H and O–H groups in total. The zero-order chi connectivity index (χ0) is 20.3. The standard InChI is InChI=1S/C21H29N3O4/c1-4-28-20(26)16-6-5-9-23(12-16)21(27)22-17-11-19(25)24(13-17)18-8-7-14(2)15(3)10-18/h7-8,10,16-17H,4-6,9,11-13H2,1-3H3,(H,22,27)/t16-,17-/m1/s1. The summed E-state index contributed by atoms with van der Waals surface area (Å²) in [6, 6.07) is 5.51. The summed E-state index contributed by atoms with van der Waals surface area (Å²) in [6.07, 6.45) is 1.80. The van der Waals surface area contributed by atoms with E-state index >= 15 is 0 Å². The average molecular weight is 387 g/mol. The van der Waals surface area contributed by atoms with E-state index in [0.29, 0.717) is 26.2 Å². The average Bonchev–Trinajstić information content (AvgIpc) is 3.04. The number of carbonyl (C=O) groups excluding carboxylic acids is 3. The highest BCUT2D eigenvalue weighted by Gasteiger charge is 2.34. The molecule has 2 atom stereocenters. The van der Waals surface area contributed by atoms with E-state index in [2.05, 4.69) is 5.32 Å². The highest BCUT2D eigenvalue weighted by atomic mass is 16.5. The lowest BCUT2D eigenvalue weighted by Crippen LogP contribution is -2.50. The smallest absolute Gasteiger partial charge is 0.317 e. The van der Waals surface area contributed by atoms with E-state index in [1.54, 1.807) is 16.7 Å². The number of hydrogen-bond donors (Lipinski definition) is 1. The molecule has 0 spiro atoms. The molecule has 0 aliphatic carbocycles. The van der Waals surface area contributed by atoms with E-state index in [0.717, 1.165) is 24.1 Å². The van der Waals surface area contributed by atoms with Gasteiger partial charge in [-0.3, -0.25) is 9.59 Å². The lowest BCUT2D eigenvalue weighted by atomic mass is 9.98. The molecular formula is C21H29N3O4. The monoisotopic (exact) mass is 387 g/mol. The number of nitrogens with one attached hydrogen (secondary N) is 1. The number of rotatable bonds is 4. The van der Waals surface area contributed by atoms with Crippen LogP contribution in [0, 0.1) is 19.8 Å². The van der Waals surface area contributed by atoms with Crippen LogP contribution >= 0.6 is 0 Å². The lowest BCUT2D eigenvalue weighted by Gasteiger charge is -2.32. The number of anilines is 1. The number of carbonyl (C=O) groups is 3. The summed E-state index contributed by atoms with van der Waals surface area (Å²) in [4.78, 5) is 40.5. The summed E-state index contributed by atoms with van der Waals surface area (Å²) < 4.78 is 5.09. The Morgan fingerprint density at radius 1 is 1.21 bits per heavy atom. The van der Waals surface area contributed by atoms with Gasteiger partial charge in [0.05, 0.1) is 18.6 Å². The number of amides is 3. The number of nitrogens with zero attached hydrogens (tertiary/aromatic N) is 2. The van der Waals surface area contributed by atoms with Gasteiger partial charge in [0.2, 0.25) is 5.91 Å². The number of benzene rings is 1. The van der Waals surface area contributed by atoms with Crippen LogP contribution in [0.3, 0.4) is 0 Å². The molecule has 2 fully saturated rings. The SMILES string of the molecule is CCOC(=O)[C@@H]1CCCN(C(=O)N[C@@H]2CC(=O)N(c3ccc(C)c(C)c3)C2)C1. The molecule has 3 rings (SSSR count). The van der Waals surface area contributed by atoms with Crippen molar-refractivity contribution in [3.05, 3.63) is 29.3 Å². The van der Waals surface area contributed by atoms with Gasteiger partial charge in [-0.1, -0.05) is 6.07 Å². The minimum absolute atomic E-state index is 0.0107. The molecule has 3 amide bonds. The van der Waals surface area contributed by atoms with Gasteiger partial charge >= 0.3 is 12.0 Å². The molecule has 7 heteroatoms. The van der Waals surface area contributed by atoms with Gasteiger partial charge in [0.1, 0.15) is 0 Å². The summed E-state index contributed by atoms with van der Waals surface area (Å²) in [5.74, 6) is -0.495. The Morgan fingerprint density at radius 2 is 2.00 bits per heavy atom. The molecule has 28 heavy (non-hydrogen) atoms. The van der Waals surface area contributed by atoms with Crippen molar-refractivity contribution in [2.75, 3.05) is 31.1 Å². The van der Waals surface area contributed by atoms with Gasteiger partial charge in [-0.25, -0.2) is 4.79 Å². The minimum atomic E-state index is -0.267. The Bertz CT molecular complexity index is 764. The number of piperidine rings is 1. The summed E-state index contributed by atoms with van der Waals surface area (Å²) in [6.45, 7) is 7.63. The first-order valence-electron chi connectivity index (χ1n) is 9.98. The van der Waals surface area contributed by atoms with Crippen molar-refractivity contribution in [3.63, 3.8) is 0 Å². The van der Waals surface area contributed by atoms with Gasteiger partial charge in [-0.15, -0.1) is 0 Å². The number of hydrogen-bond acceptors (Lipinski definition) is 4. The summed E-state index contributed by atoms with van der Waals surface area (Å²) >= 11 is 0. The van der Waals surface area contributed by atoms with Crippen molar-refractivity contribution in [1.82, 2.24) is 10.2 Å². The van der Waals surface area contributed by atoms with E-state index in [9.17, 15) is 14.4 Å². The van der Waals surface area contributed by atoms with Gasteiger partial charge in [0.25, 0.3) is 0 Å². The first-order valence-corrected chi connectivity index (χ1v) is 9.98. The molecule has 0 saturated carbocycles. The van der Waals surface area contributed by atoms with Gasteiger partial charge in [-0.05, 0) is 56.9 Å². The van der Waals surface area contributed by atoms with Crippen LogP contribution in [0.2, 0.25) is 0 Å². The van der Waals surface area contributed by atoms with Crippen molar-refractivity contribution < 1.29 is 19.1 Å². The van der Waals surface area contributed by atoms with Crippen molar-refractivity contribution in [2.45, 2.75) is 46.1 Å². The Hall–Kier alpha value is -2.57. The van der Waals surface area contributed by atoms with Gasteiger partial charge in [0.15, 0.2) is 0 Å². The number of esters is 1. The maximum Gasteiger partial charge on any atom is 0.317 e. The molecule has 2 aliphatic rings. The van der Waals surface area contributed by atoms with Gasteiger partial charge in [0, 0.05) is 31.7 Å². The number of ether oxygens (including phenoxy) is 1. The van der Waals surface area contributed by atoms with E-state index in [4.69, 9.17) is 4.74 Å². The maximum absolute atomic E-state index is 12.7. The minimum Gasteiger partial charge on any atom is -0.466 e. The van der Waals surface area contributed by atoms with Crippen molar-refractivity contribution in [3.8, 4) is 0 Å². The lowest BCUT2D eigenvalue weighted by molar-refractivity contribution is -0.149. The summed E-state index contributed by atoms with van der Waals surface area (Å²) in [5, 5.41) is 2.97. The molecule has 0 aromatic heterocycles. The fourth-order valence-electron chi connectivity index (χ4n) is 3.83. The van der Waals surface area contributed by atoms with Crippen molar-refractivity contribution in [2.24, 2.45) is 5.92 Å². The molecule has 152 valence electrons. The molecular weight excluding hydrogens is 358 g/mol. The zero-order valence-electron chi connectivity index (χ0n) is 16.9. The molecule has 1 aromatic rings. The van der Waals surface area contributed by atoms with Crippen LogP contribution in [-0.2, 0) is 14.3 Å². The molecule has 2 heterocycles. The Kier molecular flexibility index (Phi) is 6.21. The van der Waals surface area contributed by atoms with Crippen molar-refractivity contribution >= 4 is 23.6 Å². The molecule has 7 nitrogen and oxygen atoms in total. The van der Waals surface area contributed by atoms with Gasteiger partial charge < -0.3 is 19.9 Å². The number of likely N-dealkylation sites (tertiary alicyclic amines) is 1. The van der Waals surface area contributed by atoms with E-state index < -0.39 is 0 Å². The molecule has 2 saturated heterocycles. The van der Waals surface area contributed by atoms with Crippen molar-refractivity contribution in [1.29, 1.82) is 0 Å². The van der Waals surface area contributed by atoms with Crippen LogP contribution in [0.15, 0.2) is 18.2 Å². The summed E-state index contributed by atoms with van der Waals surface area (Å²) in [5.41, 5.74) is 3.18. The van der Waals surface area contributed by atoms with E-state index in [1.807, 2.05) is 32.0 Å². The second-order valence-electron chi connectivity index (χ2n) is 7.66. The second kappa shape index (κ2) is 8.63. The summed E-state index contributed by atoms with van der Waals surface area (Å²) in [7, 11) is 0. The second-order valence-corrected chi connectivity index (χ2v) is 7.66. The first-order chi connectivity index (χ1) is 13.4. The number of urea groups is 1. The first kappa shape index (κ1) is 20.2. The van der Waals surface area contributed by atoms with Crippen LogP contribution in [0.4, 0.5) is 10.5 Å². The topological polar surface area (TPSA) is 79.0 Å². The third-order valence-corrected chi connectivity index (χ3v) is 5.58. The van der Waals surface area contributed by atoms with Crippen LogP contribution in [0.25, 0.3) is 0 Å². The fourth-order valence-corrected chi connectivity index (χ4v) is 3.83. The number of aryl methyl sites for hydroxylation is 2. The third-order valence-electron chi connectivity index (χ3n) is 5.58. The molecule has 2 aliphatic heterocycles. The van der Waals surface area contributed by atoms with E-state index in [-0.39, 0.29) is 36.3 Å². The van der Waals surface area contributed by atoms with Crippen LogP contribution < -0.4 is 10.2 Å². The Labute approximate surface area is 166 Å². The molecule has 1 aromatic carbocycles. The normalized spacial score (nSPS) is 22.3. The maximum atomic E-state index is 12.7. The van der Waals surface area contributed by atoms with Crippen LogP contribution in [0.1, 0.15) is 37.3 Å². The fraction of sp³-hybridized carbons (Fsp3) is 0.571. The highest BCUT2D eigenvalue weighted by molar-refractivity contribution is 5.97. The quantitative estimate of drug-likeness (QED) is 0.805. The molecule has 0 unspecified atom stereocenters.